The smallest absolute Gasteiger partial charge is 0.338 e. The summed E-state index contributed by atoms with van der Waals surface area (Å²) in [7, 11) is 0. The number of benzene rings is 4. The van der Waals surface area contributed by atoms with Crippen LogP contribution in [0.25, 0.3) is 0 Å². The SMILES string of the molecule is CC(=O)O[C@H]1C(=O)[C@]2(C)[C@H](O)[C@H](OC(=O)c3ccccc3C)[C@H]3OC[C@@]3(OC(C)=O)[C@H]2[C@H](OC(=O)c2ccccc2)[C@]2(O)C[C@H](OC(=O)[C@H](O)[C@@H](NC(=O)c3ccccc3)c3ccccc3)C(C)=C1C2(C)C. The maximum Gasteiger partial charge on any atom is 0.338 e. The van der Waals surface area contributed by atoms with Gasteiger partial charge in [0, 0.05) is 31.2 Å². The molecule has 17 heteroatoms. The molecule has 1 aliphatic heterocycles. The van der Waals surface area contributed by atoms with Crippen molar-refractivity contribution in [2.45, 2.75) is 115 Å². The first-order valence-electron chi connectivity index (χ1n) is 23.5. The number of rotatable bonds is 12. The number of carbonyl (C=O) groups is 7. The fraction of sp³-hybridized carbons (Fsp3) is 0.400. The molecule has 2 saturated carbocycles. The van der Waals surface area contributed by atoms with E-state index in [-0.39, 0.29) is 27.8 Å². The second-order valence-electron chi connectivity index (χ2n) is 19.7. The molecule has 3 aliphatic carbocycles. The van der Waals surface area contributed by atoms with Gasteiger partial charge in [-0.3, -0.25) is 19.2 Å². The van der Waals surface area contributed by atoms with E-state index in [1.54, 1.807) is 104 Å². The Hall–Kier alpha value is -7.05. The topological polar surface area (TPSA) is 248 Å². The third-order valence-corrected chi connectivity index (χ3v) is 15.1. The highest BCUT2D eigenvalue weighted by molar-refractivity contribution is 5.97. The van der Waals surface area contributed by atoms with Crippen molar-refractivity contribution in [3.63, 3.8) is 0 Å². The minimum atomic E-state index is -2.55. The van der Waals surface area contributed by atoms with E-state index in [2.05, 4.69) is 5.32 Å². The number of nitrogens with one attached hydrogen (secondary N) is 1. The first-order chi connectivity index (χ1) is 34.1. The fourth-order valence-electron chi connectivity index (χ4n) is 11.4. The summed E-state index contributed by atoms with van der Waals surface area (Å²) >= 11 is 0. The number of ether oxygens (including phenoxy) is 6. The van der Waals surface area contributed by atoms with E-state index in [0.717, 1.165) is 13.8 Å². The highest BCUT2D eigenvalue weighted by atomic mass is 16.7. The van der Waals surface area contributed by atoms with E-state index in [4.69, 9.17) is 28.4 Å². The number of Topliss-reactive ketones (excluding diaryl/α,β-unsaturated/α-hetero) is 1. The predicted octanol–water partition coefficient (Wildman–Crippen LogP) is 4.88. The minimum Gasteiger partial charge on any atom is -0.456 e. The van der Waals surface area contributed by atoms with Crippen molar-refractivity contribution >= 4 is 41.5 Å². The van der Waals surface area contributed by atoms with Gasteiger partial charge in [-0.1, -0.05) is 98.8 Å². The predicted molar refractivity (Wildman–Crippen MR) is 253 cm³/mol. The molecular weight excluding hydrogens is 931 g/mol. The number of aliphatic hydroxyl groups excluding tert-OH is 2. The Morgan fingerprint density at radius 1 is 0.736 bits per heavy atom. The van der Waals surface area contributed by atoms with Gasteiger partial charge in [-0.05, 0) is 73.4 Å². The molecule has 0 spiro atoms. The molecule has 12 atom stereocenters. The maximum absolute atomic E-state index is 16.1. The zero-order valence-electron chi connectivity index (χ0n) is 40.7. The Balaban J connectivity index is 1.30. The van der Waals surface area contributed by atoms with Gasteiger partial charge in [0.2, 0.25) is 0 Å². The average molecular weight is 988 g/mol. The molecule has 4 aromatic carbocycles. The number of fused-ring (bicyclic) bond motifs is 5. The van der Waals surface area contributed by atoms with Gasteiger partial charge in [-0.25, -0.2) is 14.4 Å². The van der Waals surface area contributed by atoms with Gasteiger partial charge >= 0.3 is 29.8 Å². The summed E-state index contributed by atoms with van der Waals surface area (Å²) in [5, 5.41) is 41.5. The van der Waals surface area contributed by atoms with Crippen molar-refractivity contribution in [2.24, 2.45) is 16.7 Å². The van der Waals surface area contributed by atoms with Crippen molar-refractivity contribution in [1.29, 1.82) is 0 Å². The summed E-state index contributed by atoms with van der Waals surface area (Å²) in [6.07, 6.45) is -13.8. The van der Waals surface area contributed by atoms with Gasteiger partial charge in [-0.2, -0.15) is 0 Å². The van der Waals surface area contributed by atoms with E-state index in [1.807, 2.05) is 0 Å². The van der Waals surface area contributed by atoms with Crippen LogP contribution >= 0.6 is 0 Å². The Bertz CT molecular complexity index is 2810. The van der Waals surface area contributed by atoms with Crippen LogP contribution in [0.5, 0.6) is 0 Å². The molecule has 72 heavy (non-hydrogen) atoms. The van der Waals surface area contributed by atoms with E-state index >= 15 is 4.79 Å². The van der Waals surface area contributed by atoms with Gasteiger partial charge in [0.05, 0.1) is 35.1 Å². The maximum atomic E-state index is 16.1. The molecule has 4 aliphatic rings. The fourth-order valence-corrected chi connectivity index (χ4v) is 11.4. The van der Waals surface area contributed by atoms with Gasteiger partial charge in [0.15, 0.2) is 29.7 Å². The molecule has 0 unspecified atom stereocenters. The molecule has 0 radical (unpaired) electrons. The zero-order valence-corrected chi connectivity index (χ0v) is 40.7. The molecule has 378 valence electrons. The molecule has 17 nitrogen and oxygen atoms in total. The summed E-state index contributed by atoms with van der Waals surface area (Å²) in [6.45, 7) is 9.01. The number of hydrogen-bond donors (Lipinski definition) is 4. The minimum absolute atomic E-state index is 0.00511. The molecule has 8 rings (SSSR count). The van der Waals surface area contributed by atoms with E-state index in [1.165, 1.54) is 45.9 Å². The molecule has 1 heterocycles. The molecule has 1 amide bonds. The largest absolute Gasteiger partial charge is 0.456 e. The lowest BCUT2D eigenvalue weighted by Crippen LogP contribution is -2.85. The standard InChI is InChI=1S/C55H57NO16/c1-29-19-17-18-26-36(29)50(64)70-42-45(61)53(7)43(54(72-32(4)58)28-67-46(42)54)47(71-49(63)35-24-15-10-16-25-35)55(66)27-37(30(2)38(52(55,5)6)41(44(53)60)68-31(3)57)69-51(65)40(59)39(33-20-11-8-12-21-33)56-48(62)34-22-13-9-14-23-34/h8-26,37,39-43,45-47,59,61,66H,27-28H2,1-7H3,(H,56,62)/t37-,39-,40+,41+,42-,43-,45+,46+,47-,53+,54+,55+/m0/s1. The van der Waals surface area contributed by atoms with Crippen LogP contribution in [0.2, 0.25) is 0 Å². The second-order valence-corrected chi connectivity index (χ2v) is 19.7. The number of aryl methyl sites for hydroxylation is 1. The zero-order chi connectivity index (χ0) is 52.1. The first kappa shape index (κ1) is 51.3. The highest BCUT2D eigenvalue weighted by Gasteiger charge is 2.81. The van der Waals surface area contributed by atoms with E-state index in [0.29, 0.717) is 11.1 Å². The molecule has 1 saturated heterocycles. The first-order valence-corrected chi connectivity index (χ1v) is 23.5. The highest BCUT2D eigenvalue weighted by Crippen LogP contribution is 2.65. The van der Waals surface area contributed by atoms with Crippen LogP contribution in [-0.2, 0) is 47.6 Å². The Kier molecular flexibility index (Phi) is 13.9. The number of esters is 5. The normalized spacial score (nSPS) is 30.0. The van der Waals surface area contributed by atoms with Gasteiger partial charge in [0.25, 0.3) is 5.91 Å². The van der Waals surface area contributed by atoms with Gasteiger partial charge in [-0.15, -0.1) is 0 Å². The van der Waals surface area contributed by atoms with Crippen LogP contribution in [0.3, 0.4) is 0 Å². The quantitative estimate of drug-likeness (QED) is 0.0839. The summed E-state index contributed by atoms with van der Waals surface area (Å²) < 4.78 is 36.9. The molecule has 4 aromatic rings. The summed E-state index contributed by atoms with van der Waals surface area (Å²) in [4.78, 5) is 99.6. The van der Waals surface area contributed by atoms with Crippen LogP contribution in [-0.4, -0.2) is 117 Å². The van der Waals surface area contributed by atoms with Gasteiger partial charge in [0.1, 0.15) is 30.0 Å². The monoisotopic (exact) mass is 987 g/mol. The van der Waals surface area contributed by atoms with Crippen LogP contribution in [0.1, 0.15) is 96.2 Å². The lowest BCUT2D eigenvalue weighted by atomic mass is 9.44. The van der Waals surface area contributed by atoms with Crippen molar-refractivity contribution in [3.05, 3.63) is 154 Å². The van der Waals surface area contributed by atoms with Crippen molar-refractivity contribution in [2.75, 3.05) is 6.61 Å². The molecule has 0 aromatic heterocycles. The summed E-state index contributed by atoms with van der Waals surface area (Å²) in [6, 6.07) is 29.0. The average Bonchev–Trinajstić information content (AvgIpc) is 3.34. The lowest BCUT2D eigenvalue weighted by Gasteiger charge is -2.68. The molecule has 4 N–H and O–H groups in total. The Morgan fingerprint density at radius 3 is 1.89 bits per heavy atom. The third-order valence-electron chi connectivity index (χ3n) is 15.1. The van der Waals surface area contributed by atoms with Crippen molar-refractivity contribution in [3.8, 4) is 0 Å². The summed E-state index contributed by atoms with van der Waals surface area (Å²) in [5.41, 5.74) is -7.78. The van der Waals surface area contributed by atoms with E-state index < -0.39 is 131 Å². The number of aliphatic hydroxyl groups is 3. The number of carbonyl (C=O) groups excluding carboxylic acids is 7. The second kappa shape index (κ2) is 19.5. The molecular formula is C55H57NO16. The summed E-state index contributed by atoms with van der Waals surface area (Å²) in [5.74, 6) is -8.62. The Labute approximate surface area is 415 Å². The lowest BCUT2D eigenvalue weighted by molar-refractivity contribution is -0.368. The van der Waals surface area contributed by atoms with E-state index in [9.17, 15) is 44.1 Å². The van der Waals surface area contributed by atoms with Crippen LogP contribution in [0.15, 0.2) is 126 Å². The van der Waals surface area contributed by atoms with Gasteiger partial charge < -0.3 is 49.1 Å². The van der Waals surface area contributed by atoms with Crippen LogP contribution in [0, 0.1) is 23.7 Å². The molecule has 2 bridgehead atoms. The van der Waals surface area contributed by atoms with Crippen molar-refractivity contribution in [1.82, 2.24) is 5.32 Å². The number of hydrogen-bond acceptors (Lipinski definition) is 16. The van der Waals surface area contributed by atoms with Crippen LogP contribution in [0.4, 0.5) is 0 Å². The number of ketones is 1. The third kappa shape index (κ3) is 8.67. The van der Waals surface area contributed by atoms with Crippen LogP contribution < -0.4 is 5.32 Å². The Morgan fingerprint density at radius 2 is 1.32 bits per heavy atom. The number of amides is 1. The van der Waals surface area contributed by atoms with Crippen molar-refractivity contribution < 1.29 is 77.3 Å². The molecule has 3 fully saturated rings.